The summed E-state index contributed by atoms with van der Waals surface area (Å²) in [6, 6.07) is -0.713. The van der Waals surface area contributed by atoms with Crippen molar-refractivity contribution >= 4 is 34.5 Å². The molecule has 0 saturated heterocycles. The number of esters is 1. The molecule has 0 aromatic carbocycles. The monoisotopic (exact) mass is 516 g/mol. The maximum absolute atomic E-state index is 13.2. The predicted octanol–water partition coefficient (Wildman–Crippen LogP) is 3.81. The van der Waals surface area contributed by atoms with Gasteiger partial charge in [0.1, 0.15) is 12.2 Å². The minimum absolute atomic E-state index is 0.0323. The van der Waals surface area contributed by atoms with E-state index in [4.69, 9.17) is 14.9 Å². The molecule has 7 nitrogen and oxygen atoms in total. The van der Waals surface area contributed by atoms with E-state index in [1.807, 2.05) is 0 Å². The lowest BCUT2D eigenvalue weighted by atomic mass is 9.78. The van der Waals surface area contributed by atoms with Crippen LogP contribution in [0.5, 0.6) is 0 Å². The van der Waals surface area contributed by atoms with Crippen LogP contribution in [-0.4, -0.2) is 45.1 Å². The molecule has 3 aliphatic rings. The normalized spacial score (nSPS) is 36.0. The van der Waals surface area contributed by atoms with Gasteiger partial charge in [-0.2, -0.15) is 13.2 Å². The molecule has 2 fully saturated rings. The van der Waals surface area contributed by atoms with Gasteiger partial charge in [-0.05, 0) is 19.3 Å². The highest BCUT2D eigenvalue weighted by Gasteiger charge is 2.49. The van der Waals surface area contributed by atoms with E-state index in [2.05, 4.69) is 22.6 Å². The highest BCUT2D eigenvalue weighted by Crippen LogP contribution is 2.43. The third-order valence-electron chi connectivity index (χ3n) is 5.68. The Morgan fingerprint density at radius 2 is 2.00 bits per heavy atom. The maximum atomic E-state index is 13.2. The molecule has 0 bridgehead atoms. The van der Waals surface area contributed by atoms with Gasteiger partial charge in [0.2, 0.25) is 6.04 Å². The van der Waals surface area contributed by atoms with Crippen LogP contribution in [0.4, 0.5) is 13.2 Å². The summed E-state index contributed by atoms with van der Waals surface area (Å²) in [5.74, 6) is -2.40. The quantitative estimate of drug-likeness (QED) is 0.117. The molecule has 1 aliphatic heterocycles. The average Bonchev–Trinajstić information content (AvgIpc) is 2.60. The molecule has 2 saturated carbocycles. The van der Waals surface area contributed by atoms with Crippen LogP contribution in [-0.2, 0) is 14.3 Å². The Hall–Kier alpha value is -1.40. The van der Waals surface area contributed by atoms with Crippen molar-refractivity contribution in [1.82, 2.24) is 0 Å². The van der Waals surface area contributed by atoms with Crippen LogP contribution >= 0.6 is 22.6 Å². The average molecular weight is 516 g/mol. The summed E-state index contributed by atoms with van der Waals surface area (Å²) < 4.78 is 50.4. The highest BCUT2D eigenvalue weighted by atomic mass is 127. The van der Waals surface area contributed by atoms with Gasteiger partial charge < -0.3 is 9.47 Å². The molecule has 2 aliphatic carbocycles. The number of rotatable bonds is 3. The number of carbonyl (C=O) groups excluding carboxylic acids is 1. The summed E-state index contributed by atoms with van der Waals surface area (Å²) in [7, 11) is 0. The number of nitro groups is 1. The van der Waals surface area contributed by atoms with Gasteiger partial charge in [0.25, 0.3) is 0 Å². The Morgan fingerprint density at radius 1 is 1.29 bits per heavy atom. The summed E-state index contributed by atoms with van der Waals surface area (Å²) in [5.41, 5.74) is -0.865. The number of hydrogen-bond donors (Lipinski definition) is 1. The number of ether oxygens (including phenoxy) is 2. The van der Waals surface area contributed by atoms with E-state index in [1.165, 1.54) is 0 Å². The first-order valence-electron chi connectivity index (χ1n) is 9.08. The molecule has 6 unspecified atom stereocenters. The molecule has 28 heavy (non-hydrogen) atoms. The van der Waals surface area contributed by atoms with Gasteiger partial charge in [0, 0.05) is 45.7 Å². The van der Waals surface area contributed by atoms with E-state index in [1.54, 1.807) is 0 Å². The van der Waals surface area contributed by atoms with Crippen molar-refractivity contribution < 1.29 is 32.4 Å². The number of alkyl halides is 4. The molecule has 0 spiro atoms. The molecular weight excluding hydrogens is 496 g/mol. The van der Waals surface area contributed by atoms with Gasteiger partial charge in [-0.25, -0.2) is 4.79 Å². The lowest BCUT2D eigenvalue weighted by molar-refractivity contribution is -0.527. The van der Waals surface area contributed by atoms with Crippen LogP contribution in [0.2, 0.25) is 0 Å². The second-order valence-electron chi connectivity index (χ2n) is 7.47. The van der Waals surface area contributed by atoms with Gasteiger partial charge >= 0.3 is 12.1 Å². The molecular formula is C17H20F3IN2O5. The summed E-state index contributed by atoms with van der Waals surface area (Å²) in [5, 5.41) is 19.3. The topological polar surface area (TPSA) is 103 Å². The Morgan fingerprint density at radius 3 is 2.64 bits per heavy atom. The standard InChI is InChI=1S/C17H20F3IN2O5/c18-17(19,20)12-7-15(24)28-14-6-9(2-3-10(12)14)27-16(22)11-5-8(23(25)26)1-4-13(11)21/h7-11,13-14,22H,1-6H2. The van der Waals surface area contributed by atoms with Gasteiger partial charge in [0.05, 0.1) is 5.92 Å². The highest BCUT2D eigenvalue weighted by molar-refractivity contribution is 14.1. The largest absolute Gasteiger partial charge is 0.477 e. The fourth-order valence-corrected chi connectivity index (χ4v) is 5.22. The Balaban J connectivity index is 1.63. The van der Waals surface area contributed by atoms with Crippen molar-refractivity contribution in [2.24, 2.45) is 11.8 Å². The first-order chi connectivity index (χ1) is 13.1. The number of nitrogens with one attached hydrogen (secondary N) is 1. The van der Waals surface area contributed by atoms with Crippen molar-refractivity contribution in [3.05, 3.63) is 21.8 Å². The Bertz CT molecular complexity index is 699. The van der Waals surface area contributed by atoms with Crippen molar-refractivity contribution in [2.45, 2.75) is 66.9 Å². The van der Waals surface area contributed by atoms with Gasteiger partial charge in [-0.15, -0.1) is 0 Å². The number of halogens is 4. The number of hydrogen-bond acceptors (Lipinski definition) is 6. The van der Waals surface area contributed by atoms with Crippen LogP contribution in [0.25, 0.3) is 0 Å². The summed E-state index contributed by atoms with van der Waals surface area (Å²) >= 11 is 2.16. The van der Waals surface area contributed by atoms with Crippen LogP contribution in [0.3, 0.4) is 0 Å². The van der Waals surface area contributed by atoms with E-state index in [9.17, 15) is 28.1 Å². The van der Waals surface area contributed by atoms with Crippen molar-refractivity contribution in [1.29, 1.82) is 5.41 Å². The van der Waals surface area contributed by atoms with E-state index in [-0.39, 0.29) is 34.0 Å². The van der Waals surface area contributed by atoms with E-state index < -0.39 is 47.8 Å². The van der Waals surface area contributed by atoms with Crippen molar-refractivity contribution in [3.8, 4) is 0 Å². The van der Waals surface area contributed by atoms with Gasteiger partial charge in [-0.1, -0.05) is 22.6 Å². The zero-order valence-electron chi connectivity index (χ0n) is 14.8. The SMILES string of the molecule is N=C(OC1CCC2C(C(F)(F)F)=CC(=O)OC2C1)C1CC([N+](=O)[O-])CCC1I. The zero-order valence-corrected chi connectivity index (χ0v) is 16.9. The molecule has 156 valence electrons. The lowest BCUT2D eigenvalue weighted by Gasteiger charge is -2.40. The Labute approximate surface area is 172 Å². The number of carbonyl (C=O) groups is 1. The predicted molar refractivity (Wildman–Crippen MR) is 99.9 cm³/mol. The number of fused-ring (bicyclic) bond motifs is 1. The molecule has 3 rings (SSSR count). The van der Waals surface area contributed by atoms with E-state index in [0.29, 0.717) is 25.3 Å². The van der Waals surface area contributed by atoms with E-state index in [0.717, 1.165) is 0 Å². The minimum Gasteiger partial charge on any atom is -0.477 e. The van der Waals surface area contributed by atoms with Crippen LogP contribution in [0.1, 0.15) is 38.5 Å². The first kappa shape index (κ1) is 21.3. The molecule has 1 N–H and O–H groups in total. The molecule has 11 heteroatoms. The molecule has 0 radical (unpaired) electrons. The smallest absolute Gasteiger partial charge is 0.413 e. The zero-order chi connectivity index (χ0) is 20.6. The molecule has 6 atom stereocenters. The van der Waals surface area contributed by atoms with Crippen LogP contribution in [0, 0.1) is 27.4 Å². The second-order valence-corrected chi connectivity index (χ2v) is 9.07. The van der Waals surface area contributed by atoms with Crippen molar-refractivity contribution in [3.63, 3.8) is 0 Å². The summed E-state index contributed by atoms with van der Waals surface area (Å²) in [6.07, 6.45) is -3.76. The first-order valence-corrected chi connectivity index (χ1v) is 10.3. The third-order valence-corrected chi connectivity index (χ3v) is 7.17. The Kier molecular flexibility index (Phi) is 6.20. The molecule has 0 aromatic rings. The number of nitrogens with zero attached hydrogens (tertiary/aromatic N) is 1. The maximum Gasteiger partial charge on any atom is 0.413 e. The van der Waals surface area contributed by atoms with Crippen LogP contribution < -0.4 is 0 Å². The lowest BCUT2D eigenvalue weighted by Crippen LogP contribution is -2.45. The van der Waals surface area contributed by atoms with E-state index >= 15 is 0 Å². The van der Waals surface area contributed by atoms with Gasteiger partial charge in [-0.3, -0.25) is 15.5 Å². The fourth-order valence-electron chi connectivity index (χ4n) is 4.24. The summed E-state index contributed by atoms with van der Waals surface area (Å²) in [4.78, 5) is 22.3. The summed E-state index contributed by atoms with van der Waals surface area (Å²) in [6.45, 7) is 0. The van der Waals surface area contributed by atoms with Gasteiger partial charge in [0.15, 0.2) is 5.90 Å². The molecule has 0 amide bonds. The minimum atomic E-state index is -4.59. The molecule has 0 aromatic heterocycles. The fraction of sp³-hybridized carbons (Fsp3) is 0.765. The second kappa shape index (κ2) is 8.15. The van der Waals surface area contributed by atoms with Crippen molar-refractivity contribution in [2.75, 3.05) is 0 Å². The van der Waals surface area contributed by atoms with Crippen LogP contribution in [0.15, 0.2) is 11.6 Å². The molecule has 1 heterocycles. The third kappa shape index (κ3) is 4.60.